The number of amides is 1. The maximum atomic E-state index is 12.1. The Labute approximate surface area is 130 Å². The van der Waals surface area contributed by atoms with Gasteiger partial charge in [0.2, 0.25) is 0 Å². The molecule has 7 heteroatoms. The van der Waals surface area contributed by atoms with Gasteiger partial charge in [-0.1, -0.05) is 6.42 Å². The molecular weight excluding hydrogens is 297 g/mol. The van der Waals surface area contributed by atoms with Crippen molar-refractivity contribution in [2.24, 2.45) is 5.92 Å². The van der Waals surface area contributed by atoms with E-state index in [0.717, 1.165) is 19.3 Å². The molecular formula is C15H27F3N2O2. The van der Waals surface area contributed by atoms with E-state index in [9.17, 15) is 18.0 Å². The molecule has 0 radical (unpaired) electrons. The van der Waals surface area contributed by atoms with Gasteiger partial charge in [0, 0.05) is 19.0 Å². The minimum absolute atomic E-state index is 0.0895. The fourth-order valence-electron chi connectivity index (χ4n) is 2.65. The average molecular weight is 324 g/mol. The van der Waals surface area contributed by atoms with Crippen molar-refractivity contribution in [1.82, 2.24) is 10.6 Å². The number of ether oxygens (including phenoxy) is 1. The maximum absolute atomic E-state index is 12.1. The van der Waals surface area contributed by atoms with Crippen LogP contribution >= 0.6 is 0 Å². The first-order valence-corrected chi connectivity index (χ1v) is 7.84. The lowest BCUT2D eigenvalue weighted by molar-refractivity contribution is -0.135. The summed E-state index contributed by atoms with van der Waals surface area (Å²) < 4.78 is 41.4. The zero-order valence-electron chi connectivity index (χ0n) is 13.6. The molecule has 2 atom stereocenters. The first-order valence-electron chi connectivity index (χ1n) is 7.84. The minimum Gasteiger partial charge on any atom is -0.444 e. The Balaban J connectivity index is 2.24. The number of halogens is 3. The molecule has 0 saturated heterocycles. The number of carbonyl (C=O) groups is 1. The number of alkyl halides is 3. The zero-order valence-corrected chi connectivity index (χ0v) is 13.6. The molecule has 1 saturated carbocycles. The van der Waals surface area contributed by atoms with Crippen LogP contribution in [-0.2, 0) is 4.74 Å². The van der Waals surface area contributed by atoms with Gasteiger partial charge in [-0.05, 0) is 52.5 Å². The Hall–Kier alpha value is -0.980. The van der Waals surface area contributed by atoms with E-state index in [-0.39, 0.29) is 18.4 Å². The van der Waals surface area contributed by atoms with Gasteiger partial charge in [-0.3, -0.25) is 0 Å². The first-order chi connectivity index (χ1) is 10.1. The Morgan fingerprint density at radius 3 is 2.50 bits per heavy atom. The number of hydrogen-bond acceptors (Lipinski definition) is 3. The van der Waals surface area contributed by atoms with Crippen LogP contribution in [-0.4, -0.2) is 37.0 Å². The molecule has 22 heavy (non-hydrogen) atoms. The highest BCUT2D eigenvalue weighted by Crippen LogP contribution is 2.26. The van der Waals surface area contributed by atoms with Crippen LogP contribution in [0, 0.1) is 5.92 Å². The highest BCUT2D eigenvalue weighted by molar-refractivity contribution is 5.67. The predicted octanol–water partition coefficient (Wildman–Crippen LogP) is 3.61. The molecule has 4 nitrogen and oxygen atoms in total. The number of carbonyl (C=O) groups excluding carboxylic acids is 1. The molecule has 0 bridgehead atoms. The first kappa shape index (κ1) is 19.1. The van der Waals surface area contributed by atoms with Crippen LogP contribution in [0.2, 0.25) is 0 Å². The molecule has 0 aromatic carbocycles. The van der Waals surface area contributed by atoms with Gasteiger partial charge in [-0.15, -0.1) is 0 Å². The fraction of sp³-hybridized carbons (Fsp3) is 0.933. The van der Waals surface area contributed by atoms with Gasteiger partial charge in [0.15, 0.2) is 0 Å². The van der Waals surface area contributed by atoms with Crippen molar-refractivity contribution >= 4 is 6.09 Å². The Kier molecular flexibility index (Phi) is 6.97. The smallest absolute Gasteiger partial charge is 0.407 e. The molecule has 2 N–H and O–H groups in total. The average Bonchev–Trinajstić information content (AvgIpc) is 2.76. The number of alkyl carbamates (subject to hydrolysis) is 1. The summed E-state index contributed by atoms with van der Waals surface area (Å²) in [5.74, 6) is 0.249. The summed E-state index contributed by atoms with van der Waals surface area (Å²) in [6.07, 6.45) is -2.28. The summed E-state index contributed by atoms with van der Waals surface area (Å²) in [4.78, 5) is 11.6. The molecule has 0 spiro atoms. The van der Waals surface area contributed by atoms with Crippen molar-refractivity contribution in [3.05, 3.63) is 0 Å². The van der Waals surface area contributed by atoms with Crippen LogP contribution in [0.4, 0.5) is 18.0 Å². The fourth-order valence-corrected chi connectivity index (χ4v) is 2.65. The standard InChI is InChI=1S/C15H27F3N2O2/c1-14(2,3)22-13(21)20-10-11-6-4-7-12(11)19-9-5-8-15(16,17)18/h11-12,19H,4-10H2,1-3H3,(H,20,21). The summed E-state index contributed by atoms with van der Waals surface area (Å²) in [5, 5.41) is 5.93. The third-order valence-corrected chi connectivity index (χ3v) is 3.61. The Bertz CT molecular complexity index is 354. The number of rotatable bonds is 6. The van der Waals surface area contributed by atoms with Crippen molar-refractivity contribution in [3.63, 3.8) is 0 Å². The van der Waals surface area contributed by atoms with Crippen LogP contribution in [0.25, 0.3) is 0 Å². The minimum atomic E-state index is -4.09. The quantitative estimate of drug-likeness (QED) is 0.734. The largest absolute Gasteiger partial charge is 0.444 e. The van der Waals surface area contributed by atoms with Crippen molar-refractivity contribution in [3.8, 4) is 0 Å². The topological polar surface area (TPSA) is 50.4 Å². The predicted molar refractivity (Wildman–Crippen MR) is 78.7 cm³/mol. The normalized spacial score (nSPS) is 22.6. The second-order valence-corrected chi connectivity index (χ2v) is 6.85. The molecule has 1 aliphatic rings. The van der Waals surface area contributed by atoms with E-state index in [2.05, 4.69) is 10.6 Å². The molecule has 1 rings (SSSR count). The molecule has 0 aliphatic heterocycles. The van der Waals surface area contributed by atoms with Crippen LogP contribution in [0.5, 0.6) is 0 Å². The number of hydrogen-bond donors (Lipinski definition) is 2. The lowest BCUT2D eigenvalue weighted by Gasteiger charge is -2.23. The van der Waals surface area contributed by atoms with Crippen LogP contribution < -0.4 is 10.6 Å². The van der Waals surface area contributed by atoms with Gasteiger partial charge in [-0.2, -0.15) is 13.2 Å². The summed E-state index contributed by atoms with van der Waals surface area (Å²) in [7, 11) is 0. The molecule has 0 aromatic heterocycles. The Morgan fingerprint density at radius 1 is 1.23 bits per heavy atom. The van der Waals surface area contributed by atoms with E-state index in [4.69, 9.17) is 4.74 Å². The monoisotopic (exact) mass is 324 g/mol. The second kappa shape index (κ2) is 8.04. The lowest BCUT2D eigenvalue weighted by atomic mass is 10.0. The van der Waals surface area contributed by atoms with Gasteiger partial charge in [-0.25, -0.2) is 4.79 Å². The van der Waals surface area contributed by atoms with Crippen LogP contribution in [0.3, 0.4) is 0 Å². The lowest BCUT2D eigenvalue weighted by Crippen LogP contribution is -2.41. The van der Waals surface area contributed by atoms with E-state index in [1.165, 1.54) is 0 Å². The van der Waals surface area contributed by atoms with Gasteiger partial charge >= 0.3 is 12.3 Å². The van der Waals surface area contributed by atoms with E-state index in [1.807, 2.05) is 0 Å². The molecule has 2 unspecified atom stereocenters. The van der Waals surface area contributed by atoms with E-state index < -0.39 is 24.3 Å². The molecule has 0 heterocycles. The molecule has 1 aliphatic carbocycles. The summed E-state index contributed by atoms with van der Waals surface area (Å²) in [6.45, 7) is 6.24. The van der Waals surface area contributed by atoms with Crippen molar-refractivity contribution in [2.45, 2.75) is 70.7 Å². The third-order valence-electron chi connectivity index (χ3n) is 3.61. The van der Waals surface area contributed by atoms with Crippen molar-refractivity contribution < 1.29 is 22.7 Å². The van der Waals surface area contributed by atoms with Gasteiger partial charge in [0.25, 0.3) is 0 Å². The summed E-state index contributed by atoms with van der Waals surface area (Å²) in [6, 6.07) is 0.170. The van der Waals surface area contributed by atoms with Crippen molar-refractivity contribution in [2.75, 3.05) is 13.1 Å². The SMILES string of the molecule is CC(C)(C)OC(=O)NCC1CCCC1NCCCC(F)(F)F. The zero-order chi connectivity index (χ0) is 16.8. The van der Waals surface area contributed by atoms with Gasteiger partial charge in [0.05, 0.1) is 0 Å². The highest BCUT2D eigenvalue weighted by atomic mass is 19.4. The molecule has 1 amide bonds. The van der Waals surface area contributed by atoms with E-state index in [1.54, 1.807) is 20.8 Å². The second-order valence-electron chi connectivity index (χ2n) is 6.85. The summed E-state index contributed by atoms with van der Waals surface area (Å²) in [5.41, 5.74) is -0.533. The molecule has 130 valence electrons. The maximum Gasteiger partial charge on any atom is 0.407 e. The van der Waals surface area contributed by atoms with Crippen LogP contribution in [0.15, 0.2) is 0 Å². The number of nitrogens with one attached hydrogen (secondary N) is 2. The summed E-state index contributed by atoms with van der Waals surface area (Å²) >= 11 is 0. The van der Waals surface area contributed by atoms with E-state index >= 15 is 0 Å². The third kappa shape index (κ3) is 8.46. The van der Waals surface area contributed by atoms with Crippen LogP contribution in [0.1, 0.15) is 52.9 Å². The van der Waals surface area contributed by atoms with Gasteiger partial charge < -0.3 is 15.4 Å². The molecule has 1 fully saturated rings. The van der Waals surface area contributed by atoms with E-state index in [0.29, 0.717) is 13.1 Å². The van der Waals surface area contributed by atoms with Gasteiger partial charge in [0.1, 0.15) is 5.60 Å². The van der Waals surface area contributed by atoms with Crippen molar-refractivity contribution in [1.29, 1.82) is 0 Å². The molecule has 0 aromatic rings. The highest BCUT2D eigenvalue weighted by Gasteiger charge is 2.29. The Morgan fingerprint density at radius 2 is 1.91 bits per heavy atom.